The van der Waals surface area contributed by atoms with Gasteiger partial charge in [0.1, 0.15) is 5.65 Å². The molecule has 3 nitrogen and oxygen atoms in total. The molecule has 3 heterocycles. The first-order valence-electron chi connectivity index (χ1n) is 7.32. The average Bonchev–Trinajstić information content (AvgIpc) is 2.95. The highest BCUT2D eigenvalue weighted by Crippen LogP contribution is 2.26. The molecule has 0 aliphatic carbocycles. The van der Waals surface area contributed by atoms with Gasteiger partial charge in [-0.2, -0.15) is 0 Å². The van der Waals surface area contributed by atoms with E-state index in [0.717, 1.165) is 23.3 Å². The summed E-state index contributed by atoms with van der Waals surface area (Å²) in [6, 6.07) is 20.6. The molecule has 0 atom stereocenters. The van der Waals surface area contributed by atoms with Crippen LogP contribution in [-0.2, 0) is 6.42 Å². The second-order valence-corrected chi connectivity index (χ2v) is 5.23. The maximum atomic E-state index is 4.81. The van der Waals surface area contributed by atoms with Crippen molar-refractivity contribution in [1.29, 1.82) is 0 Å². The van der Waals surface area contributed by atoms with Gasteiger partial charge in [0.15, 0.2) is 0 Å². The Bertz CT molecular complexity index is 896. The third kappa shape index (κ3) is 2.27. The van der Waals surface area contributed by atoms with E-state index in [1.165, 1.54) is 11.3 Å². The highest BCUT2D eigenvalue weighted by atomic mass is 15.0. The first kappa shape index (κ1) is 12.8. The van der Waals surface area contributed by atoms with Gasteiger partial charge < -0.3 is 4.40 Å². The highest BCUT2D eigenvalue weighted by Gasteiger charge is 2.13. The van der Waals surface area contributed by atoms with Crippen molar-refractivity contribution in [3.63, 3.8) is 0 Å². The second-order valence-electron chi connectivity index (χ2n) is 5.23. The van der Waals surface area contributed by atoms with Crippen molar-refractivity contribution in [2.75, 3.05) is 0 Å². The molecule has 4 aromatic rings. The van der Waals surface area contributed by atoms with Crippen molar-refractivity contribution >= 4 is 5.65 Å². The van der Waals surface area contributed by atoms with Gasteiger partial charge in [-0.3, -0.25) is 4.98 Å². The number of hydrogen-bond donors (Lipinski definition) is 0. The maximum Gasteiger partial charge on any atom is 0.137 e. The summed E-state index contributed by atoms with van der Waals surface area (Å²) in [6.45, 7) is 0. The number of rotatable bonds is 3. The van der Waals surface area contributed by atoms with Crippen LogP contribution in [0.1, 0.15) is 11.3 Å². The Labute approximate surface area is 128 Å². The zero-order valence-electron chi connectivity index (χ0n) is 12.1. The van der Waals surface area contributed by atoms with Gasteiger partial charge in [0, 0.05) is 30.6 Å². The van der Waals surface area contributed by atoms with Crippen molar-refractivity contribution in [2.45, 2.75) is 6.42 Å². The molecule has 0 N–H and O–H groups in total. The van der Waals surface area contributed by atoms with E-state index < -0.39 is 0 Å². The SMILES string of the molecule is c1ccc(Cc2c(-c3ccncc3)nc3ccccn23)cc1. The van der Waals surface area contributed by atoms with E-state index in [2.05, 4.69) is 39.8 Å². The molecule has 0 amide bonds. The van der Waals surface area contributed by atoms with Crippen molar-refractivity contribution in [3.05, 3.63) is 90.5 Å². The molecular formula is C19H15N3. The summed E-state index contributed by atoms with van der Waals surface area (Å²) in [7, 11) is 0. The molecule has 3 heteroatoms. The summed E-state index contributed by atoms with van der Waals surface area (Å²) in [5, 5.41) is 0. The molecule has 0 spiro atoms. The lowest BCUT2D eigenvalue weighted by atomic mass is 10.1. The lowest BCUT2D eigenvalue weighted by Gasteiger charge is -2.05. The largest absolute Gasteiger partial charge is 0.303 e. The van der Waals surface area contributed by atoms with E-state index in [1.807, 2.05) is 48.8 Å². The number of hydrogen-bond acceptors (Lipinski definition) is 2. The number of aromatic nitrogens is 3. The molecule has 4 rings (SSSR count). The third-order valence-corrected chi connectivity index (χ3v) is 3.80. The minimum Gasteiger partial charge on any atom is -0.303 e. The summed E-state index contributed by atoms with van der Waals surface area (Å²) < 4.78 is 2.17. The van der Waals surface area contributed by atoms with Crippen LogP contribution in [0, 0.1) is 0 Å². The van der Waals surface area contributed by atoms with Crippen molar-refractivity contribution < 1.29 is 0 Å². The molecule has 0 aliphatic heterocycles. The van der Waals surface area contributed by atoms with E-state index in [9.17, 15) is 0 Å². The summed E-state index contributed by atoms with van der Waals surface area (Å²) in [6.07, 6.45) is 6.55. The predicted molar refractivity (Wildman–Crippen MR) is 87.7 cm³/mol. The standard InChI is InChI=1S/C19H15N3/c1-2-6-15(7-3-1)14-17-19(16-9-11-20-12-10-16)21-18-8-4-5-13-22(17)18/h1-13H,14H2. The lowest BCUT2D eigenvalue weighted by Crippen LogP contribution is -1.96. The van der Waals surface area contributed by atoms with Crippen LogP contribution in [-0.4, -0.2) is 14.4 Å². The number of nitrogens with zero attached hydrogens (tertiary/aromatic N) is 3. The fraction of sp³-hybridized carbons (Fsp3) is 0.0526. The molecule has 22 heavy (non-hydrogen) atoms. The summed E-state index contributed by atoms with van der Waals surface area (Å²) >= 11 is 0. The van der Waals surface area contributed by atoms with E-state index in [0.29, 0.717) is 0 Å². The molecular weight excluding hydrogens is 270 g/mol. The first-order valence-corrected chi connectivity index (χ1v) is 7.32. The Morgan fingerprint density at radius 2 is 1.59 bits per heavy atom. The van der Waals surface area contributed by atoms with Crippen molar-refractivity contribution in [3.8, 4) is 11.3 Å². The van der Waals surface area contributed by atoms with Crippen LogP contribution in [0.5, 0.6) is 0 Å². The van der Waals surface area contributed by atoms with Crippen molar-refractivity contribution in [1.82, 2.24) is 14.4 Å². The van der Waals surface area contributed by atoms with Gasteiger partial charge in [-0.05, 0) is 29.8 Å². The Kier molecular flexibility index (Phi) is 3.16. The molecule has 0 radical (unpaired) electrons. The Balaban J connectivity index is 1.91. The van der Waals surface area contributed by atoms with Gasteiger partial charge in [-0.1, -0.05) is 36.4 Å². The molecule has 0 unspecified atom stereocenters. The second kappa shape index (κ2) is 5.45. The Morgan fingerprint density at radius 3 is 2.41 bits per heavy atom. The molecule has 0 bridgehead atoms. The zero-order chi connectivity index (χ0) is 14.8. The van der Waals surface area contributed by atoms with Gasteiger partial charge in [0.25, 0.3) is 0 Å². The molecule has 0 aliphatic rings. The van der Waals surface area contributed by atoms with Gasteiger partial charge in [0.2, 0.25) is 0 Å². The molecule has 3 aromatic heterocycles. The van der Waals surface area contributed by atoms with E-state index >= 15 is 0 Å². The van der Waals surface area contributed by atoms with Crippen LogP contribution in [0.3, 0.4) is 0 Å². The van der Waals surface area contributed by atoms with E-state index in [-0.39, 0.29) is 0 Å². The van der Waals surface area contributed by atoms with Crippen LogP contribution >= 0.6 is 0 Å². The molecule has 0 saturated carbocycles. The smallest absolute Gasteiger partial charge is 0.137 e. The minimum atomic E-state index is 0.851. The normalized spacial score (nSPS) is 10.9. The minimum absolute atomic E-state index is 0.851. The molecule has 1 aromatic carbocycles. The van der Waals surface area contributed by atoms with Gasteiger partial charge >= 0.3 is 0 Å². The Morgan fingerprint density at radius 1 is 0.818 bits per heavy atom. The van der Waals surface area contributed by atoms with Gasteiger partial charge in [-0.15, -0.1) is 0 Å². The summed E-state index contributed by atoms with van der Waals surface area (Å²) in [4.78, 5) is 8.92. The van der Waals surface area contributed by atoms with Crippen LogP contribution in [0.25, 0.3) is 16.9 Å². The van der Waals surface area contributed by atoms with Crippen LogP contribution < -0.4 is 0 Å². The first-order chi connectivity index (χ1) is 10.9. The average molecular weight is 285 g/mol. The van der Waals surface area contributed by atoms with Gasteiger partial charge in [0.05, 0.1) is 11.4 Å². The highest BCUT2D eigenvalue weighted by molar-refractivity contribution is 5.66. The van der Waals surface area contributed by atoms with Crippen LogP contribution in [0.2, 0.25) is 0 Å². The zero-order valence-corrected chi connectivity index (χ0v) is 12.1. The monoisotopic (exact) mass is 285 g/mol. The summed E-state index contributed by atoms with van der Waals surface area (Å²) in [5.74, 6) is 0. The predicted octanol–water partition coefficient (Wildman–Crippen LogP) is 3.99. The van der Waals surface area contributed by atoms with E-state index in [4.69, 9.17) is 4.98 Å². The maximum absolute atomic E-state index is 4.81. The van der Waals surface area contributed by atoms with Crippen LogP contribution in [0.15, 0.2) is 79.3 Å². The third-order valence-electron chi connectivity index (χ3n) is 3.80. The number of imidazole rings is 1. The van der Waals surface area contributed by atoms with Gasteiger partial charge in [-0.25, -0.2) is 4.98 Å². The fourth-order valence-corrected chi connectivity index (χ4v) is 2.75. The lowest BCUT2D eigenvalue weighted by molar-refractivity contribution is 1.03. The molecule has 0 fully saturated rings. The molecule has 106 valence electrons. The fourth-order valence-electron chi connectivity index (χ4n) is 2.75. The Hall–Kier alpha value is -2.94. The quantitative estimate of drug-likeness (QED) is 0.570. The van der Waals surface area contributed by atoms with Crippen molar-refractivity contribution in [2.24, 2.45) is 0 Å². The number of fused-ring (bicyclic) bond motifs is 1. The number of pyridine rings is 2. The summed E-state index contributed by atoms with van der Waals surface area (Å²) in [5.41, 5.74) is 5.58. The number of benzene rings is 1. The van der Waals surface area contributed by atoms with Crippen LogP contribution in [0.4, 0.5) is 0 Å². The van der Waals surface area contributed by atoms with E-state index in [1.54, 1.807) is 0 Å². The topological polar surface area (TPSA) is 30.2 Å². The molecule has 0 saturated heterocycles.